The van der Waals surface area contributed by atoms with E-state index >= 15 is 0 Å². The molecular weight excluding hydrogens is 416 g/mol. The summed E-state index contributed by atoms with van der Waals surface area (Å²) >= 11 is 1.50. The fraction of sp³-hybridized carbons (Fsp3) is 0.308. The maximum absolute atomic E-state index is 12.2. The number of nitrogens with two attached hydrogens (primary N) is 1. The van der Waals surface area contributed by atoms with Gasteiger partial charge < -0.3 is 15.6 Å². The summed E-state index contributed by atoms with van der Waals surface area (Å²) in [6, 6.07) is 18.5. The summed E-state index contributed by atoms with van der Waals surface area (Å²) in [5.74, 6) is -0.337. The van der Waals surface area contributed by atoms with Crippen molar-refractivity contribution in [2.75, 3.05) is 6.54 Å². The standard InChI is InChI=1S/C26H26N4OS/c1-30-19(14-18-8-7-17(16-27)13-22(18)30)9-11-26(10-4-12-29-26)15-21-20-5-2-3-6-23(20)32-24(21)25(28)31/h2-3,5-8,13-14,29H,4,9-12,15H2,1H3,(H2,28,31)/t26-/m1/s1. The smallest absolute Gasteiger partial charge is 0.259 e. The van der Waals surface area contributed by atoms with Crippen LogP contribution < -0.4 is 11.1 Å². The molecule has 2 aromatic heterocycles. The first kappa shape index (κ1) is 20.7. The molecular formula is C26H26N4OS. The Kier molecular flexibility index (Phi) is 5.24. The van der Waals surface area contributed by atoms with Gasteiger partial charge in [-0.15, -0.1) is 11.3 Å². The number of nitriles is 1. The van der Waals surface area contributed by atoms with Gasteiger partial charge in [0.15, 0.2) is 0 Å². The van der Waals surface area contributed by atoms with Crippen LogP contribution in [0.3, 0.4) is 0 Å². The zero-order valence-corrected chi connectivity index (χ0v) is 19.0. The molecule has 1 aliphatic rings. The minimum atomic E-state index is -0.337. The van der Waals surface area contributed by atoms with Crippen LogP contribution in [0.4, 0.5) is 0 Å². The Morgan fingerprint density at radius 1 is 1.28 bits per heavy atom. The van der Waals surface area contributed by atoms with Crippen molar-refractivity contribution in [3.8, 4) is 6.07 Å². The van der Waals surface area contributed by atoms with Crippen molar-refractivity contribution >= 4 is 38.2 Å². The lowest BCUT2D eigenvalue weighted by Crippen LogP contribution is -2.42. The monoisotopic (exact) mass is 442 g/mol. The number of aryl methyl sites for hydroxylation is 2. The third kappa shape index (κ3) is 3.58. The molecule has 1 aliphatic heterocycles. The second-order valence-corrected chi connectivity index (χ2v) is 9.89. The third-order valence-electron chi connectivity index (χ3n) is 6.90. The van der Waals surface area contributed by atoms with Gasteiger partial charge >= 0.3 is 0 Å². The molecule has 0 unspecified atom stereocenters. The predicted molar refractivity (Wildman–Crippen MR) is 130 cm³/mol. The number of hydrogen-bond acceptors (Lipinski definition) is 4. The van der Waals surface area contributed by atoms with E-state index in [0.29, 0.717) is 10.4 Å². The number of rotatable bonds is 6. The Bertz CT molecular complexity index is 1370. The van der Waals surface area contributed by atoms with E-state index in [2.05, 4.69) is 41.2 Å². The zero-order valence-electron chi connectivity index (χ0n) is 18.1. The van der Waals surface area contributed by atoms with Crippen LogP contribution in [0.1, 0.15) is 45.8 Å². The maximum atomic E-state index is 12.2. The molecule has 2 aromatic carbocycles. The summed E-state index contributed by atoms with van der Waals surface area (Å²) in [6.45, 7) is 0.995. The summed E-state index contributed by atoms with van der Waals surface area (Å²) in [7, 11) is 2.07. The molecule has 5 nitrogen and oxygen atoms in total. The quantitative estimate of drug-likeness (QED) is 0.455. The highest BCUT2D eigenvalue weighted by atomic mass is 32.1. The minimum Gasteiger partial charge on any atom is -0.365 e. The Morgan fingerprint density at radius 2 is 2.12 bits per heavy atom. The number of hydrogen-bond donors (Lipinski definition) is 2. The van der Waals surface area contributed by atoms with Crippen molar-refractivity contribution in [1.29, 1.82) is 5.26 Å². The number of carbonyl (C=O) groups excluding carboxylic acids is 1. The molecule has 32 heavy (non-hydrogen) atoms. The number of fused-ring (bicyclic) bond motifs is 2. The summed E-state index contributed by atoms with van der Waals surface area (Å²) in [5, 5.41) is 15.3. The fourth-order valence-corrected chi connectivity index (χ4v) is 6.27. The Labute approximate surface area is 191 Å². The molecule has 1 amide bonds. The number of thiophene rings is 1. The second kappa shape index (κ2) is 8.09. The summed E-state index contributed by atoms with van der Waals surface area (Å²) < 4.78 is 3.32. The van der Waals surface area contributed by atoms with E-state index in [0.717, 1.165) is 65.2 Å². The molecule has 4 aromatic rings. The molecule has 5 rings (SSSR count). The summed E-state index contributed by atoms with van der Waals surface area (Å²) in [4.78, 5) is 12.9. The van der Waals surface area contributed by atoms with Gasteiger partial charge in [0.25, 0.3) is 5.91 Å². The zero-order chi connectivity index (χ0) is 22.3. The first-order valence-corrected chi connectivity index (χ1v) is 11.8. The molecule has 0 aliphatic carbocycles. The Morgan fingerprint density at radius 3 is 2.88 bits per heavy atom. The van der Waals surface area contributed by atoms with Crippen LogP contribution in [0.2, 0.25) is 0 Å². The van der Waals surface area contributed by atoms with Gasteiger partial charge in [-0.05, 0) is 79.3 Å². The minimum absolute atomic E-state index is 0.0533. The van der Waals surface area contributed by atoms with Gasteiger partial charge in [0.1, 0.15) is 0 Å². The van der Waals surface area contributed by atoms with Crippen molar-refractivity contribution < 1.29 is 4.79 Å². The normalized spacial score (nSPS) is 18.4. The summed E-state index contributed by atoms with van der Waals surface area (Å²) in [6.07, 6.45) is 4.92. The highest BCUT2D eigenvalue weighted by Crippen LogP contribution is 2.37. The largest absolute Gasteiger partial charge is 0.365 e. The Balaban J connectivity index is 1.46. The van der Waals surface area contributed by atoms with Crippen molar-refractivity contribution in [3.63, 3.8) is 0 Å². The van der Waals surface area contributed by atoms with Crippen molar-refractivity contribution in [1.82, 2.24) is 9.88 Å². The molecule has 6 heteroatoms. The number of carbonyl (C=O) groups is 1. The number of nitrogens with zero attached hydrogens (tertiary/aromatic N) is 2. The van der Waals surface area contributed by atoms with Crippen LogP contribution in [-0.4, -0.2) is 22.6 Å². The highest BCUT2D eigenvalue weighted by molar-refractivity contribution is 7.21. The van der Waals surface area contributed by atoms with E-state index < -0.39 is 0 Å². The van der Waals surface area contributed by atoms with E-state index in [9.17, 15) is 10.1 Å². The SMILES string of the molecule is Cn1c(CC[C@@]2(Cc3c(C(N)=O)sc4ccccc34)CCCN2)cc2ccc(C#N)cc21. The molecule has 1 saturated heterocycles. The van der Waals surface area contributed by atoms with Crippen LogP contribution in [0, 0.1) is 11.3 Å². The molecule has 0 bridgehead atoms. The van der Waals surface area contributed by atoms with Gasteiger partial charge in [-0.3, -0.25) is 4.79 Å². The number of benzene rings is 2. The number of primary amides is 1. The van der Waals surface area contributed by atoms with Crippen molar-refractivity contribution in [3.05, 3.63) is 70.2 Å². The van der Waals surface area contributed by atoms with E-state index in [-0.39, 0.29) is 11.4 Å². The van der Waals surface area contributed by atoms with Crippen molar-refractivity contribution in [2.24, 2.45) is 12.8 Å². The molecule has 3 N–H and O–H groups in total. The molecule has 3 heterocycles. The number of amides is 1. The lowest BCUT2D eigenvalue weighted by molar-refractivity contribution is 0.100. The molecule has 0 saturated carbocycles. The molecule has 162 valence electrons. The molecule has 1 fully saturated rings. The summed E-state index contributed by atoms with van der Waals surface area (Å²) in [5.41, 5.74) is 9.84. The van der Waals surface area contributed by atoms with Gasteiger partial charge in [-0.1, -0.05) is 24.3 Å². The average Bonchev–Trinajstić information content (AvgIpc) is 3.49. The van der Waals surface area contributed by atoms with Crippen LogP contribution in [0.5, 0.6) is 0 Å². The maximum Gasteiger partial charge on any atom is 0.259 e. The first-order chi connectivity index (χ1) is 15.5. The number of nitrogens with one attached hydrogen (secondary N) is 1. The molecule has 1 atom stereocenters. The molecule has 0 spiro atoms. The van der Waals surface area contributed by atoms with E-state index in [4.69, 9.17) is 5.73 Å². The topological polar surface area (TPSA) is 83.8 Å². The third-order valence-corrected chi connectivity index (χ3v) is 8.13. The van der Waals surface area contributed by atoms with Crippen LogP contribution in [-0.2, 0) is 19.9 Å². The number of aromatic nitrogens is 1. The van der Waals surface area contributed by atoms with E-state index in [1.54, 1.807) is 0 Å². The van der Waals surface area contributed by atoms with Gasteiger partial charge in [-0.25, -0.2) is 0 Å². The predicted octanol–water partition coefficient (Wildman–Crippen LogP) is 4.66. The van der Waals surface area contributed by atoms with Crippen LogP contribution in [0.25, 0.3) is 21.0 Å². The average molecular weight is 443 g/mol. The lowest BCUT2D eigenvalue weighted by atomic mass is 9.83. The second-order valence-electron chi connectivity index (χ2n) is 8.84. The van der Waals surface area contributed by atoms with Gasteiger partial charge in [0.2, 0.25) is 0 Å². The van der Waals surface area contributed by atoms with Gasteiger partial charge in [0.05, 0.1) is 16.5 Å². The van der Waals surface area contributed by atoms with Gasteiger partial charge in [0, 0.05) is 28.5 Å². The van der Waals surface area contributed by atoms with E-state index in [1.807, 2.05) is 30.3 Å². The van der Waals surface area contributed by atoms with Gasteiger partial charge in [-0.2, -0.15) is 5.26 Å². The van der Waals surface area contributed by atoms with Crippen LogP contribution in [0.15, 0.2) is 48.5 Å². The van der Waals surface area contributed by atoms with E-state index in [1.165, 1.54) is 17.0 Å². The first-order valence-electron chi connectivity index (χ1n) is 11.0. The fourth-order valence-electron chi connectivity index (χ4n) is 5.20. The Hall–Kier alpha value is -3.14. The lowest BCUT2D eigenvalue weighted by Gasteiger charge is -2.30. The van der Waals surface area contributed by atoms with Crippen LogP contribution >= 0.6 is 11.3 Å². The highest BCUT2D eigenvalue weighted by Gasteiger charge is 2.35. The molecule has 0 radical (unpaired) electrons. The van der Waals surface area contributed by atoms with Crippen molar-refractivity contribution in [2.45, 2.75) is 37.6 Å².